The molecule has 1 aromatic heterocycles. The number of aromatic nitrogens is 2. The number of aliphatic hydroxyl groups excluding tert-OH is 1. The summed E-state index contributed by atoms with van der Waals surface area (Å²) in [7, 11) is 0. The van der Waals surface area contributed by atoms with E-state index in [9.17, 15) is 4.79 Å². The van der Waals surface area contributed by atoms with Crippen molar-refractivity contribution in [1.29, 1.82) is 0 Å². The molecule has 19 heavy (non-hydrogen) atoms. The summed E-state index contributed by atoms with van der Waals surface area (Å²) in [6, 6.07) is 0.121. The molecular weight excluding hydrogens is 312 g/mol. The lowest BCUT2D eigenvalue weighted by Gasteiger charge is -2.36. The van der Waals surface area contributed by atoms with Gasteiger partial charge in [-0.2, -0.15) is 5.10 Å². The number of nitrogens with two attached hydrogens (primary N) is 1. The summed E-state index contributed by atoms with van der Waals surface area (Å²) in [6.45, 7) is 3.85. The van der Waals surface area contributed by atoms with Crippen LogP contribution in [0, 0.1) is 5.92 Å². The van der Waals surface area contributed by atoms with Gasteiger partial charge >= 0.3 is 0 Å². The number of hydrogen-bond acceptors (Lipinski definition) is 5. The molecule has 2 atom stereocenters. The van der Waals surface area contributed by atoms with Gasteiger partial charge < -0.3 is 15.7 Å². The molecule has 0 bridgehead atoms. The molecule has 0 saturated carbocycles. The summed E-state index contributed by atoms with van der Waals surface area (Å²) in [5.74, 6) is 0.496. The SMILES string of the molecule is CC1CC(N)CN(c2cnn(CCO)c(=O)c2Br)C1. The van der Waals surface area contributed by atoms with E-state index in [0.29, 0.717) is 10.4 Å². The van der Waals surface area contributed by atoms with Gasteiger partial charge in [0, 0.05) is 19.1 Å². The molecule has 6 nitrogen and oxygen atoms in total. The Kier molecular flexibility index (Phi) is 4.59. The standard InChI is InChI=1S/C12H19BrN4O2/c1-8-4-9(14)7-16(6-8)10-5-15-17(2-3-18)12(19)11(10)13/h5,8-9,18H,2-4,6-7,14H2,1H3. The Bertz CT molecular complexity index is 495. The van der Waals surface area contributed by atoms with Gasteiger partial charge in [0.2, 0.25) is 0 Å². The van der Waals surface area contributed by atoms with Crippen LogP contribution in [0.5, 0.6) is 0 Å². The van der Waals surface area contributed by atoms with E-state index in [1.807, 2.05) is 0 Å². The summed E-state index contributed by atoms with van der Waals surface area (Å²) < 4.78 is 1.73. The minimum atomic E-state index is -0.224. The molecule has 2 unspecified atom stereocenters. The fourth-order valence-corrected chi connectivity index (χ4v) is 3.09. The van der Waals surface area contributed by atoms with Gasteiger partial charge in [0.15, 0.2) is 0 Å². The first-order valence-corrected chi connectivity index (χ1v) is 7.19. The number of piperidine rings is 1. The maximum atomic E-state index is 12.1. The monoisotopic (exact) mass is 330 g/mol. The van der Waals surface area contributed by atoms with Gasteiger partial charge in [-0.25, -0.2) is 4.68 Å². The first kappa shape index (κ1) is 14.5. The zero-order chi connectivity index (χ0) is 14.0. The maximum absolute atomic E-state index is 12.1. The number of nitrogens with zero attached hydrogens (tertiary/aromatic N) is 3. The molecule has 1 fully saturated rings. The van der Waals surface area contributed by atoms with Crippen molar-refractivity contribution in [3.63, 3.8) is 0 Å². The van der Waals surface area contributed by atoms with E-state index >= 15 is 0 Å². The third kappa shape index (κ3) is 3.16. The van der Waals surface area contributed by atoms with E-state index in [1.54, 1.807) is 6.20 Å². The van der Waals surface area contributed by atoms with Gasteiger partial charge in [-0.05, 0) is 28.3 Å². The predicted octanol–water partition coefficient (Wildman–Crippen LogP) is 0.172. The molecule has 0 spiro atoms. The second-order valence-electron chi connectivity index (χ2n) is 5.10. The van der Waals surface area contributed by atoms with E-state index in [-0.39, 0.29) is 24.8 Å². The van der Waals surface area contributed by atoms with Crippen LogP contribution in [0.4, 0.5) is 5.69 Å². The van der Waals surface area contributed by atoms with Crippen LogP contribution in [0.1, 0.15) is 13.3 Å². The second kappa shape index (κ2) is 6.02. The second-order valence-corrected chi connectivity index (χ2v) is 5.89. The summed E-state index contributed by atoms with van der Waals surface area (Å²) in [5, 5.41) is 13.0. The number of hydrogen-bond donors (Lipinski definition) is 2. The number of halogens is 1. The normalized spacial score (nSPS) is 23.7. The Hall–Kier alpha value is -0.920. The van der Waals surface area contributed by atoms with Crippen molar-refractivity contribution >= 4 is 21.6 Å². The first-order chi connectivity index (χ1) is 9.02. The van der Waals surface area contributed by atoms with E-state index in [4.69, 9.17) is 10.8 Å². The van der Waals surface area contributed by atoms with Gasteiger partial charge in [-0.15, -0.1) is 0 Å². The fraction of sp³-hybridized carbons (Fsp3) is 0.667. The molecular formula is C12H19BrN4O2. The molecule has 0 amide bonds. The molecule has 0 radical (unpaired) electrons. The van der Waals surface area contributed by atoms with Gasteiger partial charge in [0.05, 0.1) is 25.0 Å². The Balaban J connectivity index is 2.30. The van der Waals surface area contributed by atoms with Crippen LogP contribution in [0.3, 0.4) is 0 Å². The van der Waals surface area contributed by atoms with Gasteiger partial charge in [0.25, 0.3) is 5.56 Å². The lowest BCUT2D eigenvalue weighted by atomic mass is 9.96. The first-order valence-electron chi connectivity index (χ1n) is 6.40. The van der Waals surface area contributed by atoms with Crippen LogP contribution < -0.4 is 16.2 Å². The van der Waals surface area contributed by atoms with E-state index in [0.717, 1.165) is 25.2 Å². The molecule has 3 N–H and O–H groups in total. The van der Waals surface area contributed by atoms with E-state index in [2.05, 4.69) is 32.9 Å². The van der Waals surface area contributed by atoms with Crippen LogP contribution in [0.2, 0.25) is 0 Å². The molecule has 1 aliphatic heterocycles. The Morgan fingerprint density at radius 3 is 2.95 bits per heavy atom. The van der Waals surface area contributed by atoms with Crippen LogP contribution in [-0.2, 0) is 6.54 Å². The van der Waals surface area contributed by atoms with Crippen LogP contribution in [-0.4, -0.2) is 40.6 Å². The highest BCUT2D eigenvalue weighted by Crippen LogP contribution is 2.26. The lowest BCUT2D eigenvalue weighted by molar-refractivity contribution is 0.266. The van der Waals surface area contributed by atoms with Crippen molar-refractivity contribution < 1.29 is 5.11 Å². The van der Waals surface area contributed by atoms with Crippen LogP contribution >= 0.6 is 15.9 Å². The molecule has 106 valence electrons. The lowest BCUT2D eigenvalue weighted by Crippen LogP contribution is -2.47. The van der Waals surface area contributed by atoms with E-state index < -0.39 is 0 Å². The molecule has 7 heteroatoms. The summed E-state index contributed by atoms with van der Waals surface area (Å²) in [6.07, 6.45) is 2.66. The third-order valence-electron chi connectivity index (χ3n) is 3.31. The number of anilines is 1. The Morgan fingerprint density at radius 2 is 2.32 bits per heavy atom. The van der Waals surface area contributed by atoms with Crippen LogP contribution in [0.25, 0.3) is 0 Å². The smallest absolute Gasteiger partial charge is 0.283 e. The maximum Gasteiger partial charge on any atom is 0.283 e. The highest BCUT2D eigenvalue weighted by Gasteiger charge is 2.25. The molecule has 0 aromatic carbocycles. The van der Waals surface area contributed by atoms with Crippen molar-refractivity contribution in [2.24, 2.45) is 11.7 Å². The molecule has 1 aliphatic rings. The van der Waals surface area contributed by atoms with Crippen molar-refractivity contribution in [3.05, 3.63) is 21.0 Å². The highest BCUT2D eigenvalue weighted by molar-refractivity contribution is 9.10. The van der Waals surface area contributed by atoms with Crippen molar-refractivity contribution in [3.8, 4) is 0 Å². The van der Waals surface area contributed by atoms with Gasteiger partial charge in [-0.3, -0.25) is 4.79 Å². The van der Waals surface area contributed by atoms with Crippen molar-refractivity contribution in [1.82, 2.24) is 9.78 Å². The average Bonchev–Trinajstić information content (AvgIpc) is 2.34. The quantitative estimate of drug-likeness (QED) is 0.825. The number of rotatable bonds is 3. The molecule has 2 heterocycles. The summed E-state index contributed by atoms with van der Waals surface area (Å²) in [5.41, 5.74) is 6.58. The zero-order valence-corrected chi connectivity index (χ0v) is 12.5. The largest absolute Gasteiger partial charge is 0.394 e. The van der Waals surface area contributed by atoms with Gasteiger partial charge in [-0.1, -0.05) is 6.92 Å². The van der Waals surface area contributed by atoms with E-state index in [1.165, 1.54) is 4.68 Å². The topological polar surface area (TPSA) is 84.4 Å². The van der Waals surface area contributed by atoms with Crippen molar-refractivity contribution in [2.45, 2.75) is 25.9 Å². The summed E-state index contributed by atoms with van der Waals surface area (Å²) >= 11 is 3.34. The summed E-state index contributed by atoms with van der Waals surface area (Å²) in [4.78, 5) is 14.2. The van der Waals surface area contributed by atoms with Crippen LogP contribution in [0.15, 0.2) is 15.5 Å². The third-order valence-corrected chi connectivity index (χ3v) is 4.06. The molecule has 0 aliphatic carbocycles. The molecule has 2 rings (SSSR count). The molecule has 1 aromatic rings. The van der Waals surface area contributed by atoms with Gasteiger partial charge in [0.1, 0.15) is 4.47 Å². The predicted molar refractivity (Wildman–Crippen MR) is 77.3 cm³/mol. The Morgan fingerprint density at radius 1 is 1.58 bits per heavy atom. The minimum Gasteiger partial charge on any atom is -0.394 e. The fourth-order valence-electron chi connectivity index (χ4n) is 2.53. The Labute approximate surface area is 120 Å². The average molecular weight is 331 g/mol. The minimum absolute atomic E-state index is 0.107. The number of aliphatic hydroxyl groups is 1. The van der Waals surface area contributed by atoms with Crippen molar-refractivity contribution in [2.75, 3.05) is 24.6 Å². The highest BCUT2D eigenvalue weighted by atomic mass is 79.9. The zero-order valence-electron chi connectivity index (χ0n) is 10.9. The molecule has 1 saturated heterocycles.